The van der Waals surface area contributed by atoms with Crippen molar-refractivity contribution in [3.63, 3.8) is 0 Å². The molecule has 2 aromatic rings. The maximum atomic E-state index is 12.1. The predicted octanol–water partition coefficient (Wildman–Crippen LogP) is 1.22. The zero-order valence-electron chi connectivity index (χ0n) is 16.0. The lowest BCUT2D eigenvalue weighted by molar-refractivity contribution is -0.302. The number of aliphatic hydroxyl groups is 4. The zero-order valence-corrected chi connectivity index (χ0v) is 16.7. The van der Waals surface area contributed by atoms with Crippen molar-refractivity contribution >= 4 is 23.2 Å². The molecule has 0 radical (unpaired) electrons. The van der Waals surface area contributed by atoms with Gasteiger partial charge in [0.15, 0.2) is 0 Å². The molecule has 162 valence electrons. The maximum Gasteiger partial charge on any atom is 0.247 e. The Kier molecular flexibility index (Phi) is 7.27. The van der Waals surface area contributed by atoms with Crippen molar-refractivity contribution in [1.29, 1.82) is 0 Å². The van der Waals surface area contributed by atoms with Crippen molar-refractivity contribution in [3.05, 3.63) is 53.6 Å². The van der Waals surface area contributed by atoms with Gasteiger partial charge in [0, 0.05) is 11.9 Å². The molecule has 4 N–H and O–H groups in total. The van der Waals surface area contributed by atoms with Gasteiger partial charge in [-0.15, -0.1) is 0 Å². The summed E-state index contributed by atoms with van der Waals surface area (Å²) in [5, 5.41) is 40.6. The van der Waals surface area contributed by atoms with Gasteiger partial charge in [-0.3, -0.25) is 4.79 Å². The number of amides is 1. The fourth-order valence-electron chi connectivity index (χ4n) is 2.86. The zero-order chi connectivity index (χ0) is 21.8. The van der Waals surface area contributed by atoms with Crippen LogP contribution in [-0.4, -0.2) is 63.6 Å². The highest BCUT2D eigenvalue weighted by molar-refractivity contribution is 6.30. The van der Waals surface area contributed by atoms with Crippen LogP contribution in [0.3, 0.4) is 0 Å². The monoisotopic (exact) mass is 439 g/mol. The summed E-state index contributed by atoms with van der Waals surface area (Å²) in [7, 11) is 0. The summed E-state index contributed by atoms with van der Waals surface area (Å²) in [6.07, 6.45) is -7.44. The third kappa shape index (κ3) is 5.08. The van der Waals surface area contributed by atoms with E-state index in [0.717, 1.165) is 5.06 Å². The van der Waals surface area contributed by atoms with Crippen LogP contribution in [0.4, 0.5) is 5.69 Å². The van der Waals surface area contributed by atoms with Gasteiger partial charge < -0.3 is 29.9 Å². The molecule has 2 aromatic carbocycles. The number of hydrogen-bond donors (Lipinski definition) is 4. The van der Waals surface area contributed by atoms with Crippen LogP contribution in [0.25, 0.3) is 0 Å². The molecule has 0 saturated carbocycles. The molecule has 5 atom stereocenters. The Hall–Kier alpha value is -2.24. The largest absolute Gasteiger partial charge is 0.457 e. The molecule has 1 aliphatic rings. The van der Waals surface area contributed by atoms with E-state index in [2.05, 4.69) is 0 Å². The van der Waals surface area contributed by atoms with E-state index in [9.17, 15) is 25.2 Å². The van der Waals surface area contributed by atoms with Crippen LogP contribution >= 0.6 is 11.6 Å². The number of aliphatic hydroxyl groups excluding tert-OH is 4. The summed E-state index contributed by atoms with van der Waals surface area (Å²) in [5.41, 5.74) is 0.308. The summed E-state index contributed by atoms with van der Waals surface area (Å²) in [4.78, 5) is 17.5. The number of benzene rings is 2. The van der Waals surface area contributed by atoms with Gasteiger partial charge in [0.1, 0.15) is 35.9 Å². The highest BCUT2D eigenvalue weighted by Gasteiger charge is 2.45. The third-order valence-electron chi connectivity index (χ3n) is 4.46. The van der Waals surface area contributed by atoms with Gasteiger partial charge in [-0.05, 0) is 48.5 Å². The van der Waals surface area contributed by atoms with Crippen molar-refractivity contribution in [2.75, 3.05) is 11.7 Å². The van der Waals surface area contributed by atoms with Gasteiger partial charge in [0.2, 0.25) is 12.2 Å². The number of hydroxylamine groups is 1. The van der Waals surface area contributed by atoms with E-state index in [4.69, 9.17) is 25.9 Å². The highest BCUT2D eigenvalue weighted by atomic mass is 35.5. The van der Waals surface area contributed by atoms with Gasteiger partial charge in [-0.25, -0.2) is 4.84 Å². The van der Waals surface area contributed by atoms with Crippen LogP contribution in [0.1, 0.15) is 6.92 Å². The van der Waals surface area contributed by atoms with Gasteiger partial charge in [-0.2, -0.15) is 5.06 Å². The molecule has 1 saturated heterocycles. The molecular formula is C20H22ClNO8. The lowest BCUT2D eigenvalue weighted by atomic mass is 9.99. The van der Waals surface area contributed by atoms with Crippen molar-refractivity contribution in [1.82, 2.24) is 0 Å². The molecule has 0 aromatic heterocycles. The van der Waals surface area contributed by atoms with E-state index in [1.165, 1.54) is 6.92 Å². The molecule has 9 nitrogen and oxygen atoms in total. The Morgan fingerprint density at radius 2 is 1.57 bits per heavy atom. The molecule has 0 aliphatic carbocycles. The molecule has 0 spiro atoms. The first kappa shape index (κ1) is 22.4. The number of carbonyl (C=O) groups is 1. The topological polar surface area (TPSA) is 129 Å². The SMILES string of the molecule is CC(=O)N(O[C@H]1O[C@@H](CO)[C@@H](O)[C@@H](O)[C@H]1O)c1ccc(Oc2ccc(Cl)cc2)cc1. The average molecular weight is 440 g/mol. The van der Waals surface area contributed by atoms with E-state index in [0.29, 0.717) is 22.2 Å². The molecule has 1 heterocycles. The van der Waals surface area contributed by atoms with Crippen molar-refractivity contribution in [2.45, 2.75) is 37.6 Å². The minimum absolute atomic E-state index is 0.308. The smallest absolute Gasteiger partial charge is 0.247 e. The number of carbonyl (C=O) groups excluding carboxylic acids is 1. The molecule has 1 amide bonds. The van der Waals surface area contributed by atoms with E-state index in [-0.39, 0.29) is 0 Å². The second kappa shape index (κ2) is 9.71. The second-order valence-electron chi connectivity index (χ2n) is 6.67. The van der Waals surface area contributed by atoms with Gasteiger partial charge in [-0.1, -0.05) is 11.6 Å². The van der Waals surface area contributed by atoms with Crippen LogP contribution in [0.5, 0.6) is 11.5 Å². The summed E-state index contributed by atoms with van der Waals surface area (Å²) in [5.74, 6) is 0.545. The average Bonchev–Trinajstić information content (AvgIpc) is 2.74. The van der Waals surface area contributed by atoms with E-state index in [1.807, 2.05) is 0 Å². The van der Waals surface area contributed by atoms with Crippen LogP contribution in [0.15, 0.2) is 48.5 Å². The Bertz CT molecular complexity index is 845. The quantitative estimate of drug-likeness (QED) is 0.494. The van der Waals surface area contributed by atoms with E-state index < -0.39 is 43.2 Å². The number of ether oxygens (including phenoxy) is 2. The van der Waals surface area contributed by atoms with Gasteiger partial charge >= 0.3 is 0 Å². The summed E-state index contributed by atoms with van der Waals surface area (Å²) < 4.78 is 11.0. The summed E-state index contributed by atoms with van der Waals surface area (Å²) >= 11 is 5.85. The van der Waals surface area contributed by atoms with Gasteiger partial charge in [0.25, 0.3) is 0 Å². The molecule has 1 aliphatic heterocycles. The van der Waals surface area contributed by atoms with E-state index in [1.54, 1.807) is 48.5 Å². The highest BCUT2D eigenvalue weighted by Crippen LogP contribution is 2.28. The molecule has 1 fully saturated rings. The Balaban J connectivity index is 1.73. The molecule has 10 heteroatoms. The standard InChI is InChI=1S/C20H22ClNO8/c1-11(24)22(30-20-19(27)18(26)17(25)16(10-23)29-20)13-4-8-15(9-5-13)28-14-6-2-12(21)3-7-14/h2-9,16-20,23,25-27H,10H2,1H3/t16-,17+,18+,19+,20+/m0/s1. The van der Waals surface area contributed by atoms with E-state index >= 15 is 0 Å². The van der Waals surface area contributed by atoms with Crippen LogP contribution in [0, 0.1) is 0 Å². The summed E-state index contributed by atoms with van der Waals surface area (Å²) in [6.45, 7) is 0.629. The number of hydrogen-bond acceptors (Lipinski definition) is 8. The Morgan fingerprint density at radius 1 is 1.00 bits per heavy atom. The van der Waals surface area contributed by atoms with Crippen molar-refractivity contribution < 1.29 is 39.5 Å². The molecule has 0 unspecified atom stereocenters. The second-order valence-corrected chi connectivity index (χ2v) is 7.10. The van der Waals surface area contributed by atoms with Crippen LogP contribution in [0.2, 0.25) is 5.02 Å². The molecular weight excluding hydrogens is 418 g/mol. The van der Waals surface area contributed by atoms with Crippen LogP contribution < -0.4 is 9.80 Å². The summed E-state index contributed by atoms with van der Waals surface area (Å²) in [6, 6.07) is 13.1. The number of anilines is 1. The minimum atomic E-state index is -1.64. The Labute approximate surface area is 177 Å². The lowest BCUT2D eigenvalue weighted by Gasteiger charge is -2.40. The maximum absolute atomic E-state index is 12.1. The molecule has 3 rings (SSSR count). The first-order valence-corrected chi connectivity index (χ1v) is 9.49. The van der Waals surface area contributed by atoms with Gasteiger partial charge in [0.05, 0.1) is 12.3 Å². The minimum Gasteiger partial charge on any atom is -0.457 e. The number of nitrogens with zero attached hydrogens (tertiary/aromatic N) is 1. The number of rotatable bonds is 6. The van der Waals surface area contributed by atoms with Crippen LogP contribution in [-0.2, 0) is 14.4 Å². The van der Waals surface area contributed by atoms with Crippen molar-refractivity contribution in [3.8, 4) is 11.5 Å². The third-order valence-corrected chi connectivity index (χ3v) is 4.72. The lowest BCUT2D eigenvalue weighted by Crippen LogP contribution is -2.60. The molecule has 0 bridgehead atoms. The Morgan fingerprint density at radius 3 is 2.10 bits per heavy atom. The normalized spacial score (nSPS) is 26.3. The first-order chi connectivity index (χ1) is 14.3. The van der Waals surface area contributed by atoms with Crippen molar-refractivity contribution in [2.24, 2.45) is 0 Å². The fourth-order valence-corrected chi connectivity index (χ4v) is 2.99. The molecule has 30 heavy (non-hydrogen) atoms. The first-order valence-electron chi connectivity index (χ1n) is 9.11. The predicted molar refractivity (Wildman–Crippen MR) is 106 cm³/mol. The number of halogens is 1. The fraction of sp³-hybridized carbons (Fsp3) is 0.350.